The van der Waals surface area contributed by atoms with Crippen molar-refractivity contribution >= 4 is 9.84 Å². The second-order valence-corrected chi connectivity index (χ2v) is 7.44. The van der Waals surface area contributed by atoms with Crippen molar-refractivity contribution in [3.63, 3.8) is 0 Å². The van der Waals surface area contributed by atoms with Crippen LogP contribution in [0, 0.1) is 11.6 Å². The second kappa shape index (κ2) is 4.93. The highest BCUT2D eigenvalue weighted by Gasteiger charge is 2.37. The van der Waals surface area contributed by atoms with Crippen molar-refractivity contribution in [3.05, 3.63) is 35.4 Å². The molecule has 0 bridgehead atoms. The molecule has 0 fully saturated rings. The van der Waals surface area contributed by atoms with E-state index in [1.807, 2.05) is 0 Å². The number of hydrogen-bond acceptors (Lipinski definition) is 3. The summed E-state index contributed by atoms with van der Waals surface area (Å²) >= 11 is 0. The summed E-state index contributed by atoms with van der Waals surface area (Å²) in [6.07, 6.45) is -0.226. The Morgan fingerprint density at radius 1 is 1.28 bits per heavy atom. The van der Waals surface area contributed by atoms with Crippen LogP contribution in [0.5, 0.6) is 0 Å². The van der Waals surface area contributed by atoms with Crippen LogP contribution in [0.25, 0.3) is 0 Å². The third-order valence-electron chi connectivity index (χ3n) is 3.17. The Hall–Kier alpha value is -1.01. The van der Waals surface area contributed by atoms with E-state index in [0.717, 1.165) is 18.4 Å². The average molecular weight is 278 g/mol. The molecule has 1 aromatic carbocycles. The number of aliphatic hydroxyl groups is 1. The van der Waals surface area contributed by atoms with Crippen molar-refractivity contribution in [2.75, 3.05) is 6.26 Å². The fourth-order valence-electron chi connectivity index (χ4n) is 1.38. The van der Waals surface area contributed by atoms with Crippen LogP contribution in [0.4, 0.5) is 8.78 Å². The van der Waals surface area contributed by atoms with Gasteiger partial charge < -0.3 is 5.11 Å². The minimum Gasteiger partial charge on any atom is -0.391 e. The SMILES string of the molecule is CC(C)(C(O)Cc1ccc(F)c(F)c1)S(C)(=O)=O. The molecule has 0 aliphatic rings. The number of benzene rings is 1. The fraction of sp³-hybridized carbons (Fsp3) is 0.500. The van der Waals surface area contributed by atoms with E-state index < -0.39 is 32.3 Å². The minimum atomic E-state index is -3.46. The van der Waals surface area contributed by atoms with Crippen molar-refractivity contribution in [2.24, 2.45) is 0 Å². The predicted molar refractivity (Wildman–Crippen MR) is 65.0 cm³/mol. The Balaban J connectivity index is 2.94. The maximum absolute atomic E-state index is 13.0. The highest BCUT2D eigenvalue weighted by Crippen LogP contribution is 2.23. The van der Waals surface area contributed by atoms with Crippen molar-refractivity contribution < 1.29 is 22.3 Å². The smallest absolute Gasteiger partial charge is 0.159 e. The van der Waals surface area contributed by atoms with E-state index in [-0.39, 0.29) is 6.42 Å². The molecule has 1 rings (SSSR count). The predicted octanol–water partition coefficient (Wildman–Crippen LogP) is 1.69. The zero-order valence-electron chi connectivity index (χ0n) is 10.4. The van der Waals surface area contributed by atoms with Gasteiger partial charge in [-0.3, -0.25) is 0 Å². The Morgan fingerprint density at radius 2 is 1.83 bits per heavy atom. The van der Waals surface area contributed by atoms with E-state index in [1.54, 1.807) is 0 Å². The zero-order chi connectivity index (χ0) is 14.1. The summed E-state index contributed by atoms with van der Waals surface area (Å²) in [6, 6.07) is 3.22. The van der Waals surface area contributed by atoms with Gasteiger partial charge in [-0.15, -0.1) is 0 Å². The summed E-state index contributed by atoms with van der Waals surface area (Å²) in [5.41, 5.74) is 0.345. The third-order valence-corrected chi connectivity index (χ3v) is 5.35. The van der Waals surface area contributed by atoms with Gasteiger partial charge in [-0.25, -0.2) is 17.2 Å². The number of rotatable bonds is 4. The van der Waals surface area contributed by atoms with Gasteiger partial charge in [0.15, 0.2) is 21.5 Å². The third kappa shape index (κ3) is 3.05. The van der Waals surface area contributed by atoms with E-state index in [9.17, 15) is 22.3 Å². The van der Waals surface area contributed by atoms with E-state index in [2.05, 4.69) is 0 Å². The molecule has 0 saturated heterocycles. The standard InChI is InChI=1S/C12H16F2O3S/c1-12(2,18(3,16)17)11(15)7-8-4-5-9(13)10(14)6-8/h4-6,11,15H,7H2,1-3H3. The van der Waals surface area contributed by atoms with Gasteiger partial charge in [0.05, 0.1) is 10.9 Å². The van der Waals surface area contributed by atoms with Gasteiger partial charge in [-0.1, -0.05) is 6.07 Å². The highest BCUT2D eigenvalue weighted by atomic mass is 32.2. The molecular formula is C12H16F2O3S. The lowest BCUT2D eigenvalue weighted by Crippen LogP contribution is -2.44. The molecule has 1 aromatic rings. The molecule has 18 heavy (non-hydrogen) atoms. The Kier molecular flexibility index (Phi) is 4.12. The van der Waals surface area contributed by atoms with Gasteiger partial charge in [0.25, 0.3) is 0 Å². The van der Waals surface area contributed by atoms with E-state index in [1.165, 1.54) is 19.9 Å². The normalized spacial score (nSPS) is 14.6. The Bertz CT molecular complexity index is 538. The summed E-state index contributed by atoms with van der Waals surface area (Å²) in [4.78, 5) is 0. The zero-order valence-corrected chi connectivity index (χ0v) is 11.3. The van der Waals surface area contributed by atoms with Crippen LogP contribution in [-0.2, 0) is 16.3 Å². The van der Waals surface area contributed by atoms with Gasteiger partial charge >= 0.3 is 0 Å². The molecule has 1 atom stereocenters. The van der Waals surface area contributed by atoms with Gasteiger partial charge in [0.2, 0.25) is 0 Å². The van der Waals surface area contributed by atoms with Crippen LogP contribution in [0.3, 0.4) is 0 Å². The number of halogens is 2. The van der Waals surface area contributed by atoms with Gasteiger partial charge in [0.1, 0.15) is 0 Å². The molecule has 0 aromatic heterocycles. The van der Waals surface area contributed by atoms with E-state index in [4.69, 9.17) is 0 Å². The largest absolute Gasteiger partial charge is 0.391 e. The quantitative estimate of drug-likeness (QED) is 0.912. The van der Waals surface area contributed by atoms with Gasteiger partial charge in [-0.2, -0.15) is 0 Å². The molecule has 0 aliphatic carbocycles. The highest BCUT2D eigenvalue weighted by molar-refractivity contribution is 7.92. The molecule has 6 heteroatoms. The number of hydrogen-bond donors (Lipinski definition) is 1. The maximum Gasteiger partial charge on any atom is 0.159 e. The first kappa shape index (κ1) is 15.0. The first-order valence-corrected chi connectivity index (χ1v) is 7.26. The Morgan fingerprint density at radius 3 is 2.28 bits per heavy atom. The van der Waals surface area contributed by atoms with Crippen molar-refractivity contribution in [3.8, 4) is 0 Å². The maximum atomic E-state index is 13.0. The van der Waals surface area contributed by atoms with Crippen LogP contribution >= 0.6 is 0 Å². The molecule has 1 N–H and O–H groups in total. The van der Waals surface area contributed by atoms with Crippen LogP contribution in [-0.4, -0.2) is 30.6 Å². The lowest BCUT2D eigenvalue weighted by molar-refractivity contribution is 0.138. The van der Waals surface area contributed by atoms with E-state index >= 15 is 0 Å². The van der Waals surface area contributed by atoms with Crippen LogP contribution in [0.2, 0.25) is 0 Å². The lowest BCUT2D eigenvalue weighted by Gasteiger charge is -2.28. The second-order valence-electron chi connectivity index (χ2n) is 4.84. The molecule has 0 heterocycles. The molecule has 1 unspecified atom stereocenters. The minimum absolute atomic E-state index is 0.0583. The number of aliphatic hydroxyl groups excluding tert-OH is 1. The molecular weight excluding hydrogens is 262 g/mol. The summed E-state index contributed by atoms with van der Waals surface area (Å²) in [5.74, 6) is -1.99. The van der Waals surface area contributed by atoms with Crippen LogP contribution < -0.4 is 0 Å². The van der Waals surface area contributed by atoms with Crippen molar-refractivity contribution in [1.82, 2.24) is 0 Å². The molecule has 0 amide bonds. The van der Waals surface area contributed by atoms with Crippen LogP contribution in [0.15, 0.2) is 18.2 Å². The Labute approximate surface area is 105 Å². The molecule has 0 spiro atoms. The monoisotopic (exact) mass is 278 g/mol. The van der Waals surface area contributed by atoms with Crippen molar-refractivity contribution in [2.45, 2.75) is 31.1 Å². The molecule has 0 aliphatic heterocycles. The number of sulfone groups is 1. The van der Waals surface area contributed by atoms with Crippen LogP contribution in [0.1, 0.15) is 19.4 Å². The molecule has 0 radical (unpaired) electrons. The first-order chi connectivity index (χ1) is 8.05. The summed E-state index contributed by atoms with van der Waals surface area (Å²) in [7, 11) is -3.46. The fourth-order valence-corrected chi connectivity index (χ4v) is 1.96. The molecule has 102 valence electrons. The lowest BCUT2D eigenvalue weighted by atomic mass is 9.98. The first-order valence-electron chi connectivity index (χ1n) is 5.37. The topological polar surface area (TPSA) is 54.4 Å². The van der Waals surface area contributed by atoms with E-state index in [0.29, 0.717) is 5.56 Å². The van der Waals surface area contributed by atoms with Gasteiger partial charge in [0, 0.05) is 6.26 Å². The van der Waals surface area contributed by atoms with Gasteiger partial charge in [-0.05, 0) is 38.0 Å². The summed E-state index contributed by atoms with van der Waals surface area (Å²) < 4.78 is 47.4. The molecule has 3 nitrogen and oxygen atoms in total. The summed E-state index contributed by atoms with van der Waals surface area (Å²) in [5, 5.41) is 9.93. The average Bonchev–Trinajstić information content (AvgIpc) is 2.21. The van der Waals surface area contributed by atoms with Crippen molar-refractivity contribution in [1.29, 1.82) is 0 Å². The molecule has 0 saturated carbocycles. The summed E-state index contributed by atoms with van der Waals surface area (Å²) in [6.45, 7) is 2.79.